The number of anilines is 3. The maximum Gasteiger partial charge on any atom is 0.328 e. The Bertz CT molecular complexity index is 1370. The zero-order chi connectivity index (χ0) is 28.1. The van der Waals surface area contributed by atoms with Gasteiger partial charge in [0.1, 0.15) is 11.6 Å². The summed E-state index contributed by atoms with van der Waals surface area (Å²) in [6, 6.07) is 13.6. The molecule has 1 saturated carbocycles. The van der Waals surface area contributed by atoms with Crippen LogP contribution in [0, 0.1) is 11.3 Å². The second-order valence-electron chi connectivity index (χ2n) is 11.5. The molecule has 1 aliphatic heterocycles. The maximum atomic E-state index is 14.0. The van der Waals surface area contributed by atoms with Crippen LogP contribution in [0.1, 0.15) is 56.9 Å². The van der Waals surface area contributed by atoms with Gasteiger partial charge >= 0.3 is 5.97 Å². The number of carboxylic acid groups (broad SMARTS) is 1. The number of carbonyl (C=O) groups excluding carboxylic acids is 1. The lowest BCUT2D eigenvalue weighted by atomic mass is 9.67. The number of carboxylic acids is 1. The Kier molecular flexibility index (Phi) is 8.33. The van der Waals surface area contributed by atoms with E-state index in [4.69, 9.17) is 10.1 Å². The Balaban J connectivity index is 1.30. The van der Waals surface area contributed by atoms with Crippen LogP contribution < -0.4 is 15.1 Å². The van der Waals surface area contributed by atoms with Gasteiger partial charge in [0, 0.05) is 44.1 Å². The first kappa shape index (κ1) is 27.6. The number of aromatic nitrogens is 2. The summed E-state index contributed by atoms with van der Waals surface area (Å²) in [5, 5.41) is 13.2. The lowest BCUT2D eigenvalue weighted by Gasteiger charge is -2.41. The van der Waals surface area contributed by atoms with Crippen LogP contribution in [-0.2, 0) is 9.59 Å². The highest BCUT2D eigenvalue weighted by atomic mass is 16.4. The minimum atomic E-state index is -1.01. The van der Waals surface area contributed by atoms with Gasteiger partial charge in [-0.2, -0.15) is 0 Å². The van der Waals surface area contributed by atoms with Gasteiger partial charge in [0.2, 0.25) is 5.91 Å². The van der Waals surface area contributed by atoms with Crippen molar-refractivity contribution in [1.29, 1.82) is 0 Å². The van der Waals surface area contributed by atoms with E-state index in [1.54, 1.807) is 12.1 Å². The molecule has 8 heteroatoms. The fraction of sp³-hybridized carbons (Fsp3) is 0.438. The number of hydrogen-bond donors (Lipinski definition) is 2. The molecule has 1 saturated heterocycles. The molecule has 1 amide bonds. The van der Waals surface area contributed by atoms with Gasteiger partial charge in [-0.05, 0) is 73.9 Å². The molecule has 2 aromatic heterocycles. The molecule has 1 aliphatic carbocycles. The zero-order valence-electron chi connectivity index (χ0n) is 23.5. The highest BCUT2D eigenvalue weighted by Crippen LogP contribution is 2.44. The molecule has 2 aliphatic rings. The van der Waals surface area contributed by atoms with Crippen molar-refractivity contribution in [2.24, 2.45) is 11.3 Å². The Hall–Kier alpha value is -3.94. The molecule has 8 nitrogen and oxygen atoms in total. The first-order valence-corrected chi connectivity index (χ1v) is 14.3. The van der Waals surface area contributed by atoms with Crippen LogP contribution in [0.3, 0.4) is 0 Å². The van der Waals surface area contributed by atoms with Gasteiger partial charge in [0.05, 0.1) is 17.4 Å². The highest BCUT2D eigenvalue weighted by molar-refractivity contribution is 5.98. The van der Waals surface area contributed by atoms with Crippen LogP contribution in [-0.4, -0.2) is 54.1 Å². The summed E-state index contributed by atoms with van der Waals surface area (Å²) < 4.78 is 0. The van der Waals surface area contributed by atoms with Gasteiger partial charge in [-0.25, -0.2) is 14.8 Å². The van der Waals surface area contributed by atoms with Crippen LogP contribution in [0.4, 0.5) is 17.3 Å². The Labute approximate surface area is 236 Å². The van der Waals surface area contributed by atoms with E-state index in [-0.39, 0.29) is 5.91 Å². The molecule has 0 bridgehead atoms. The molecule has 0 unspecified atom stereocenters. The van der Waals surface area contributed by atoms with E-state index in [2.05, 4.69) is 27.3 Å². The molecule has 210 valence electrons. The highest BCUT2D eigenvalue weighted by Gasteiger charge is 2.42. The van der Waals surface area contributed by atoms with Crippen molar-refractivity contribution in [2.45, 2.75) is 51.4 Å². The number of nitrogens with zero attached hydrogens (tertiary/aromatic N) is 4. The predicted molar refractivity (Wildman–Crippen MR) is 161 cm³/mol. The first-order chi connectivity index (χ1) is 19.3. The predicted octanol–water partition coefficient (Wildman–Crippen LogP) is 5.99. The summed E-state index contributed by atoms with van der Waals surface area (Å²) in [4.78, 5) is 38.8. The zero-order valence-corrected chi connectivity index (χ0v) is 23.5. The molecule has 1 aromatic carbocycles. The monoisotopic (exact) mass is 541 g/mol. The van der Waals surface area contributed by atoms with Gasteiger partial charge in [-0.1, -0.05) is 37.5 Å². The fourth-order valence-corrected chi connectivity index (χ4v) is 6.34. The van der Waals surface area contributed by atoms with Crippen molar-refractivity contribution < 1.29 is 14.7 Å². The van der Waals surface area contributed by atoms with Gasteiger partial charge in [0.15, 0.2) is 0 Å². The summed E-state index contributed by atoms with van der Waals surface area (Å²) in [5.74, 6) is 0.958. The lowest BCUT2D eigenvalue weighted by Crippen LogP contribution is -2.42. The molecular weight excluding hydrogens is 502 g/mol. The number of rotatable bonds is 8. The largest absolute Gasteiger partial charge is 0.478 e. The van der Waals surface area contributed by atoms with E-state index in [1.165, 1.54) is 6.42 Å². The van der Waals surface area contributed by atoms with Gasteiger partial charge < -0.3 is 20.2 Å². The van der Waals surface area contributed by atoms with Crippen molar-refractivity contribution >= 4 is 46.2 Å². The first-order valence-electron chi connectivity index (χ1n) is 14.3. The SMILES string of the molecule is CN(C)c1ccc(N2CCC(CC3(C(=O)Nc4cc(/C=C/C(=O)O)c5ccccc5n4)CCCCC3)CC2)cn1. The number of para-hydroxylation sites is 1. The molecule has 2 N–H and O–H groups in total. The summed E-state index contributed by atoms with van der Waals surface area (Å²) in [6.45, 7) is 1.94. The third-order valence-corrected chi connectivity index (χ3v) is 8.54. The number of aliphatic carboxylic acids is 1. The van der Waals surface area contributed by atoms with Crippen molar-refractivity contribution in [1.82, 2.24) is 9.97 Å². The number of pyridine rings is 2. The smallest absolute Gasteiger partial charge is 0.328 e. The third kappa shape index (κ3) is 6.27. The van der Waals surface area contributed by atoms with Crippen molar-refractivity contribution in [2.75, 3.05) is 42.3 Å². The number of nitrogens with one attached hydrogen (secondary N) is 1. The number of hydrogen-bond acceptors (Lipinski definition) is 6. The van der Waals surface area contributed by atoms with Crippen LogP contribution >= 0.6 is 0 Å². The van der Waals surface area contributed by atoms with E-state index in [0.717, 1.165) is 92.1 Å². The van der Waals surface area contributed by atoms with Crippen LogP contribution in [0.5, 0.6) is 0 Å². The minimum absolute atomic E-state index is 0.0500. The van der Waals surface area contributed by atoms with Crippen LogP contribution in [0.15, 0.2) is 54.7 Å². The quantitative estimate of drug-likeness (QED) is 0.338. The molecule has 3 aromatic rings. The average molecular weight is 542 g/mol. The molecule has 40 heavy (non-hydrogen) atoms. The number of amides is 1. The molecule has 0 radical (unpaired) electrons. The fourth-order valence-electron chi connectivity index (χ4n) is 6.34. The van der Waals surface area contributed by atoms with E-state index in [1.807, 2.05) is 49.5 Å². The number of benzene rings is 1. The van der Waals surface area contributed by atoms with Gasteiger partial charge in [-0.15, -0.1) is 0 Å². The Morgan fingerprint density at radius 1 is 1.10 bits per heavy atom. The topological polar surface area (TPSA) is 98.7 Å². The van der Waals surface area contributed by atoms with Crippen molar-refractivity contribution in [3.63, 3.8) is 0 Å². The normalized spacial score (nSPS) is 17.7. The summed E-state index contributed by atoms with van der Waals surface area (Å²) in [6.07, 6.45) is 12.7. The molecule has 2 fully saturated rings. The number of carbonyl (C=O) groups is 2. The standard InChI is InChI=1S/C32H39N5O3/c1-36(2)29-12-11-25(22-33-29)37-18-14-23(15-19-37)21-32(16-6-3-7-17-32)31(40)35-28-20-24(10-13-30(38)39)26-8-4-5-9-27(26)34-28/h4-5,8-13,20,22-23H,3,6-7,14-19,21H2,1-2H3,(H,38,39)(H,34,35,40)/b13-10+. The van der Waals surface area contributed by atoms with E-state index in [0.29, 0.717) is 11.7 Å². The summed E-state index contributed by atoms with van der Waals surface area (Å²) in [7, 11) is 3.99. The molecular formula is C32H39N5O3. The number of fused-ring (bicyclic) bond motifs is 1. The third-order valence-electron chi connectivity index (χ3n) is 8.54. The minimum Gasteiger partial charge on any atom is -0.478 e. The van der Waals surface area contributed by atoms with Crippen LogP contribution in [0.2, 0.25) is 0 Å². The summed E-state index contributed by atoms with van der Waals surface area (Å²) in [5.41, 5.74) is 2.21. The maximum absolute atomic E-state index is 14.0. The van der Waals surface area contributed by atoms with E-state index < -0.39 is 11.4 Å². The molecule has 0 atom stereocenters. The van der Waals surface area contributed by atoms with Crippen LogP contribution in [0.25, 0.3) is 17.0 Å². The second kappa shape index (κ2) is 12.1. The second-order valence-corrected chi connectivity index (χ2v) is 11.5. The number of piperidine rings is 1. The molecule has 3 heterocycles. The molecule has 0 spiro atoms. The van der Waals surface area contributed by atoms with E-state index in [9.17, 15) is 9.59 Å². The van der Waals surface area contributed by atoms with E-state index >= 15 is 0 Å². The van der Waals surface area contributed by atoms with Gasteiger partial charge in [0.25, 0.3) is 0 Å². The molecule has 5 rings (SSSR count). The Morgan fingerprint density at radius 2 is 1.85 bits per heavy atom. The van der Waals surface area contributed by atoms with Gasteiger partial charge in [-0.3, -0.25) is 4.79 Å². The Morgan fingerprint density at radius 3 is 2.52 bits per heavy atom. The summed E-state index contributed by atoms with van der Waals surface area (Å²) >= 11 is 0. The lowest BCUT2D eigenvalue weighted by molar-refractivity contribution is -0.131. The van der Waals surface area contributed by atoms with Crippen molar-refractivity contribution in [3.05, 3.63) is 60.3 Å². The van der Waals surface area contributed by atoms with Crippen molar-refractivity contribution in [3.8, 4) is 0 Å². The average Bonchev–Trinajstić information content (AvgIpc) is 2.97.